The molecule has 0 spiro atoms. The number of carboxylic acids is 1. The number of carboxylic acid groups (broad SMARTS) is 1. The minimum absolute atomic E-state index is 0.145. The summed E-state index contributed by atoms with van der Waals surface area (Å²) in [4.78, 5) is 23.8. The van der Waals surface area contributed by atoms with Crippen LogP contribution in [0.25, 0.3) is 0 Å². The molecule has 1 fully saturated rings. The number of hydrogen-bond acceptors (Lipinski definition) is 2. The lowest BCUT2D eigenvalue weighted by Crippen LogP contribution is -2.44. The number of aliphatic carboxylic acids is 1. The Morgan fingerprint density at radius 1 is 1.15 bits per heavy atom. The SMILES string of the molecule is CC1(C(=O)N[C@H](C(=O)O)c2ccccc2)CCCCC1. The monoisotopic (exact) mass is 275 g/mol. The molecule has 4 nitrogen and oxygen atoms in total. The van der Waals surface area contributed by atoms with Crippen molar-refractivity contribution in [2.45, 2.75) is 45.1 Å². The quantitative estimate of drug-likeness (QED) is 0.888. The first-order valence-corrected chi connectivity index (χ1v) is 7.12. The first kappa shape index (κ1) is 14.6. The predicted molar refractivity (Wildman–Crippen MR) is 76.2 cm³/mol. The standard InChI is InChI=1S/C16H21NO3/c1-16(10-6-3-7-11-16)15(20)17-13(14(18)19)12-8-4-2-5-9-12/h2,4-5,8-9,13H,3,6-7,10-11H2,1H3,(H,17,20)(H,18,19)/t13-/m0/s1. The molecular formula is C16H21NO3. The van der Waals surface area contributed by atoms with E-state index in [0.29, 0.717) is 5.56 Å². The highest BCUT2D eigenvalue weighted by Gasteiger charge is 2.36. The van der Waals surface area contributed by atoms with Crippen molar-refractivity contribution in [3.63, 3.8) is 0 Å². The van der Waals surface area contributed by atoms with Gasteiger partial charge in [0, 0.05) is 5.41 Å². The first-order valence-electron chi connectivity index (χ1n) is 7.12. The molecule has 0 heterocycles. The van der Waals surface area contributed by atoms with Gasteiger partial charge in [-0.3, -0.25) is 4.79 Å². The van der Waals surface area contributed by atoms with E-state index in [1.165, 1.54) is 0 Å². The van der Waals surface area contributed by atoms with Gasteiger partial charge in [0.15, 0.2) is 6.04 Å². The Kier molecular flexibility index (Phi) is 4.42. The Bertz CT molecular complexity index is 478. The van der Waals surface area contributed by atoms with E-state index in [1.54, 1.807) is 24.3 Å². The molecule has 1 aliphatic rings. The molecule has 1 aliphatic carbocycles. The zero-order chi connectivity index (χ0) is 14.6. The Morgan fingerprint density at radius 3 is 2.30 bits per heavy atom. The van der Waals surface area contributed by atoms with Gasteiger partial charge in [-0.1, -0.05) is 56.5 Å². The number of carbonyl (C=O) groups is 2. The third kappa shape index (κ3) is 3.18. The molecule has 0 radical (unpaired) electrons. The average Bonchev–Trinajstić information content (AvgIpc) is 2.45. The van der Waals surface area contributed by atoms with Gasteiger partial charge in [0.1, 0.15) is 0 Å². The largest absolute Gasteiger partial charge is 0.479 e. The minimum Gasteiger partial charge on any atom is -0.479 e. The van der Waals surface area contributed by atoms with Crippen LogP contribution in [0.2, 0.25) is 0 Å². The average molecular weight is 275 g/mol. The number of nitrogens with one attached hydrogen (secondary N) is 1. The molecule has 2 rings (SSSR count). The first-order chi connectivity index (χ1) is 9.53. The lowest BCUT2D eigenvalue weighted by atomic mass is 9.75. The second kappa shape index (κ2) is 6.07. The van der Waals surface area contributed by atoms with E-state index in [0.717, 1.165) is 32.1 Å². The molecule has 0 aromatic heterocycles. The normalized spacial score (nSPS) is 19.1. The molecule has 0 unspecified atom stereocenters. The Balaban J connectivity index is 2.12. The Morgan fingerprint density at radius 2 is 1.75 bits per heavy atom. The van der Waals surface area contributed by atoms with Crippen LogP contribution in [0, 0.1) is 5.41 Å². The topological polar surface area (TPSA) is 66.4 Å². The fourth-order valence-corrected chi connectivity index (χ4v) is 2.80. The third-order valence-electron chi connectivity index (χ3n) is 4.16. The van der Waals surface area contributed by atoms with E-state index in [4.69, 9.17) is 0 Å². The zero-order valence-corrected chi connectivity index (χ0v) is 11.8. The molecular weight excluding hydrogens is 254 g/mol. The molecule has 2 N–H and O–H groups in total. The van der Waals surface area contributed by atoms with Crippen molar-refractivity contribution in [1.29, 1.82) is 0 Å². The maximum atomic E-state index is 12.4. The third-order valence-corrected chi connectivity index (χ3v) is 4.16. The second-order valence-electron chi connectivity index (χ2n) is 5.78. The number of carbonyl (C=O) groups excluding carboxylic acids is 1. The second-order valence-corrected chi connectivity index (χ2v) is 5.78. The van der Waals surface area contributed by atoms with Crippen LogP contribution in [-0.4, -0.2) is 17.0 Å². The van der Waals surface area contributed by atoms with Crippen molar-refractivity contribution in [2.75, 3.05) is 0 Å². The Labute approximate surface area is 119 Å². The minimum atomic E-state index is -1.02. The fourth-order valence-electron chi connectivity index (χ4n) is 2.80. The summed E-state index contributed by atoms with van der Waals surface area (Å²) in [6, 6.07) is 7.86. The molecule has 0 bridgehead atoms. The molecule has 1 saturated carbocycles. The molecule has 4 heteroatoms. The van der Waals surface area contributed by atoms with Crippen LogP contribution in [0.3, 0.4) is 0 Å². The highest BCUT2D eigenvalue weighted by Crippen LogP contribution is 2.36. The highest BCUT2D eigenvalue weighted by molar-refractivity contribution is 5.87. The molecule has 1 amide bonds. The van der Waals surface area contributed by atoms with Gasteiger partial charge in [-0.25, -0.2) is 4.79 Å². The lowest BCUT2D eigenvalue weighted by molar-refractivity contribution is -0.144. The summed E-state index contributed by atoms with van der Waals surface area (Å²) < 4.78 is 0. The molecule has 108 valence electrons. The molecule has 0 saturated heterocycles. The molecule has 0 aliphatic heterocycles. The molecule has 1 atom stereocenters. The van der Waals surface area contributed by atoms with E-state index < -0.39 is 17.4 Å². The smallest absolute Gasteiger partial charge is 0.330 e. The summed E-state index contributed by atoms with van der Waals surface area (Å²) in [6.07, 6.45) is 4.89. The summed E-state index contributed by atoms with van der Waals surface area (Å²) in [5.74, 6) is -1.17. The van der Waals surface area contributed by atoms with Crippen LogP contribution < -0.4 is 5.32 Å². The fraction of sp³-hybridized carbons (Fsp3) is 0.500. The van der Waals surface area contributed by atoms with E-state index in [1.807, 2.05) is 13.0 Å². The van der Waals surface area contributed by atoms with Crippen LogP contribution >= 0.6 is 0 Å². The van der Waals surface area contributed by atoms with Crippen LogP contribution in [0.15, 0.2) is 30.3 Å². The van der Waals surface area contributed by atoms with Gasteiger partial charge in [-0.2, -0.15) is 0 Å². The number of hydrogen-bond donors (Lipinski definition) is 2. The number of amides is 1. The Hall–Kier alpha value is -1.84. The van der Waals surface area contributed by atoms with Crippen molar-refractivity contribution in [3.05, 3.63) is 35.9 Å². The number of rotatable bonds is 4. The summed E-state index contributed by atoms with van der Waals surface area (Å²) in [6.45, 7) is 1.94. The van der Waals surface area contributed by atoms with Gasteiger partial charge in [-0.05, 0) is 18.4 Å². The van der Waals surface area contributed by atoms with Crippen molar-refractivity contribution in [1.82, 2.24) is 5.32 Å². The van der Waals surface area contributed by atoms with Crippen molar-refractivity contribution < 1.29 is 14.7 Å². The van der Waals surface area contributed by atoms with Gasteiger partial charge < -0.3 is 10.4 Å². The van der Waals surface area contributed by atoms with E-state index >= 15 is 0 Å². The van der Waals surface area contributed by atoms with E-state index in [-0.39, 0.29) is 5.91 Å². The maximum Gasteiger partial charge on any atom is 0.330 e. The van der Waals surface area contributed by atoms with Crippen LogP contribution in [-0.2, 0) is 9.59 Å². The highest BCUT2D eigenvalue weighted by atomic mass is 16.4. The van der Waals surface area contributed by atoms with E-state index in [9.17, 15) is 14.7 Å². The van der Waals surface area contributed by atoms with E-state index in [2.05, 4.69) is 5.32 Å². The van der Waals surface area contributed by atoms with Gasteiger partial charge in [-0.15, -0.1) is 0 Å². The summed E-state index contributed by atoms with van der Waals surface area (Å²) in [5.41, 5.74) is 0.175. The number of benzene rings is 1. The maximum absolute atomic E-state index is 12.4. The predicted octanol–water partition coefficient (Wildman–Crippen LogP) is 2.90. The van der Waals surface area contributed by atoms with Crippen LogP contribution in [0.4, 0.5) is 0 Å². The molecule has 1 aromatic carbocycles. The van der Waals surface area contributed by atoms with Crippen LogP contribution in [0.5, 0.6) is 0 Å². The van der Waals surface area contributed by atoms with Crippen molar-refractivity contribution >= 4 is 11.9 Å². The van der Waals surface area contributed by atoms with Crippen molar-refractivity contribution in [2.24, 2.45) is 5.41 Å². The van der Waals surface area contributed by atoms with Gasteiger partial charge in [0.05, 0.1) is 0 Å². The van der Waals surface area contributed by atoms with Gasteiger partial charge >= 0.3 is 5.97 Å². The van der Waals surface area contributed by atoms with Crippen LogP contribution in [0.1, 0.15) is 50.6 Å². The molecule has 1 aromatic rings. The summed E-state index contributed by atoms with van der Waals surface area (Å²) in [7, 11) is 0. The van der Waals surface area contributed by atoms with Gasteiger partial charge in [0.2, 0.25) is 5.91 Å². The summed E-state index contributed by atoms with van der Waals surface area (Å²) >= 11 is 0. The van der Waals surface area contributed by atoms with Crippen molar-refractivity contribution in [3.8, 4) is 0 Å². The molecule has 20 heavy (non-hydrogen) atoms. The van der Waals surface area contributed by atoms with Gasteiger partial charge in [0.25, 0.3) is 0 Å². The summed E-state index contributed by atoms with van der Waals surface area (Å²) in [5, 5.41) is 12.0. The lowest BCUT2D eigenvalue weighted by Gasteiger charge is -2.33. The zero-order valence-electron chi connectivity index (χ0n) is 11.8.